The van der Waals surface area contributed by atoms with Crippen molar-refractivity contribution in [3.05, 3.63) is 60.4 Å². The molecule has 2 aromatic carbocycles. The predicted octanol–water partition coefficient (Wildman–Crippen LogP) is 3.40. The van der Waals surface area contributed by atoms with Crippen LogP contribution < -0.4 is 20.7 Å². The first-order valence-corrected chi connectivity index (χ1v) is 8.86. The molecule has 0 aliphatic heterocycles. The Morgan fingerprint density at radius 3 is 2.43 bits per heavy atom. The molecule has 1 amide bonds. The molecule has 0 aliphatic carbocycles. The number of para-hydroxylation sites is 1. The van der Waals surface area contributed by atoms with Gasteiger partial charge in [-0.2, -0.15) is 0 Å². The van der Waals surface area contributed by atoms with Gasteiger partial charge in [-0.1, -0.05) is 18.2 Å². The summed E-state index contributed by atoms with van der Waals surface area (Å²) in [7, 11) is 0. The Hall–Kier alpha value is -2.36. The molecule has 2 rings (SSSR count). The van der Waals surface area contributed by atoms with Gasteiger partial charge in [-0.3, -0.25) is 4.79 Å². The summed E-state index contributed by atoms with van der Waals surface area (Å²) in [6, 6.07) is 15.1. The second kappa shape index (κ2) is 12.9. The van der Waals surface area contributed by atoms with Crippen LogP contribution in [0.2, 0.25) is 0 Å². The summed E-state index contributed by atoms with van der Waals surface area (Å²) in [5.41, 5.74) is 0.733. The monoisotopic (exact) mass is 500 g/mol. The molecule has 2 aromatic rings. The van der Waals surface area contributed by atoms with Gasteiger partial charge in [0.2, 0.25) is 5.91 Å². The lowest BCUT2D eigenvalue weighted by atomic mass is 10.3. The third-order valence-electron chi connectivity index (χ3n) is 3.49. The molecule has 0 spiro atoms. The lowest BCUT2D eigenvalue weighted by molar-refractivity contribution is -0.114. The van der Waals surface area contributed by atoms with E-state index in [9.17, 15) is 9.18 Å². The Labute approximate surface area is 182 Å². The Balaban J connectivity index is 0.00000392. The maximum atomic E-state index is 12.9. The summed E-state index contributed by atoms with van der Waals surface area (Å²) < 4.78 is 18.6. The SMILES string of the molecule is CCNC(=NCC(=O)Nc1ccccc1)NCC(C)Oc1ccc(F)cc1.I. The fraction of sp³-hybridized carbons (Fsp3) is 0.300. The van der Waals surface area contributed by atoms with E-state index in [0.29, 0.717) is 24.8 Å². The predicted molar refractivity (Wildman–Crippen MR) is 121 cm³/mol. The Bertz CT molecular complexity index is 742. The zero-order chi connectivity index (χ0) is 19.5. The third kappa shape index (κ3) is 9.03. The summed E-state index contributed by atoms with van der Waals surface area (Å²) in [6.07, 6.45) is -0.169. The lowest BCUT2D eigenvalue weighted by Gasteiger charge is -2.17. The quantitative estimate of drug-likeness (QED) is 0.295. The summed E-state index contributed by atoms with van der Waals surface area (Å²) in [4.78, 5) is 16.3. The molecule has 28 heavy (non-hydrogen) atoms. The van der Waals surface area contributed by atoms with Crippen molar-refractivity contribution in [2.75, 3.05) is 25.0 Å². The number of carbonyl (C=O) groups excluding carboxylic acids is 1. The van der Waals surface area contributed by atoms with Crippen molar-refractivity contribution in [2.45, 2.75) is 20.0 Å². The fourth-order valence-electron chi connectivity index (χ4n) is 2.24. The first kappa shape index (κ1) is 23.7. The average molecular weight is 500 g/mol. The van der Waals surface area contributed by atoms with Gasteiger partial charge >= 0.3 is 0 Å². The highest BCUT2D eigenvalue weighted by molar-refractivity contribution is 14.0. The number of amides is 1. The minimum absolute atomic E-state index is 0. The second-order valence-electron chi connectivity index (χ2n) is 5.87. The molecule has 0 aliphatic rings. The van der Waals surface area contributed by atoms with Crippen LogP contribution in [0.25, 0.3) is 0 Å². The van der Waals surface area contributed by atoms with Crippen molar-refractivity contribution in [3.63, 3.8) is 0 Å². The van der Waals surface area contributed by atoms with Gasteiger partial charge in [0.1, 0.15) is 24.2 Å². The minimum Gasteiger partial charge on any atom is -0.489 e. The standard InChI is InChI=1S/C20H25FN4O2.HI/c1-3-22-20(24-14-19(26)25-17-7-5-4-6-8-17)23-13-15(2)27-18-11-9-16(21)10-12-18;/h4-12,15H,3,13-14H2,1-2H3,(H,25,26)(H2,22,23,24);1H. The van der Waals surface area contributed by atoms with Crippen LogP contribution in [-0.4, -0.2) is 37.6 Å². The van der Waals surface area contributed by atoms with Crippen LogP contribution in [0, 0.1) is 5.82 Å². The number of benzene rings is 2. The number of nitrogens with zero attached hydrogens (tertiary/aromatic N) is 1. The third-order valence-corrected chi connectivity index (χ3v) is 3.49. The second-order valence-corrected chi connectivity index (χ2v) is 5.87. The topological polar surface area (TPSA) is 74.8 Å². The van der Waals surface area contributed by atoms with Gasteiger partial charge in [0.15, 0.2) is 5.96 Å². The van der Waals surface area contributed by atoms with Gasteiger partial charge in [-0.15, -0.1) is 24.0 Å². The number of hydrogen-bond acceptors (Lipinski definition) is 3. The zero-order valence-electron chi connectivity index (χ0n) is 15.9. The first-order valence-electron chi connectivity index (χ1n) is 8.86. The van der Waals surface area contributed by atoms with Crippen LogP contribution in [0.3, 0.4) is 0 Å². The van der Waals surface area contributed by atoms with Gasteiger partial charge in [0.05, 0.1) is 6.54 Å². The van der Waals surface area contributed by atoms with Crippen molar-refractivity contribution < 1.29 is 13.9 Å². The first-order chi connectivity index (χ1) is 13.1. The molecule has 1 atom stereocenters. The molecule has 152 valence electrons. The highest BCUT2D eigenvalue weighted by Crippen LogP contribution is 2.12. The normalized spacial score (nSPS) is 11.8. The fourth-order valence-corrected chi connectivity index (χ4v) is 2.24. The van der Waals surface area contributed by atoms with E-state index < -0.39 is 0 Å². The largest absolute Gasteiger partial charge is 0.489 e. The molecule has 0 saturated carbocycles. The van der Waals surface area contributed by atoms with E-state index in [4.69, 9.17) is 4.74 Å². The number of halogens is 2. The maximum Gasteiger partial charge on any atom is 0.246 e. The molecule has 0 saturated heterocycles. The van der Waals surface area contributed by atoms with Gasteiger partial charge in [0, 0.05) is 12.2 Å². The molecular weight excluding hydrogens is 474 g/mol. The number of carbonyl (C=O) groups is 1. The molecule has 0 aromatic heterocycles. The Kier molecular flexibility index (Phi) is 10.9. The van der Waals surface area contributed by atoms with Gasteiger partial charge < -0.3 is 20.7 Å². The average Bonchev–Trinajstić information content (AvgIpc) is 2.66. The van der Waals surface area contributed by atoms with Crippen molar-refractivity contribution in [2.24, 2.45) is 4.99 Å². The number of ether oxygens (including phenoxy) is 1. The highest BCUT2D eigenvalue weighted by Gasteiger charge is 2.07. The van der Waals surface area contributed by atoms with Crippen LogP contribution in [0.15, 0.2) is 59.6 Å². The summed E-state index contributed by atoms with van der Waals surface area (Å²) in [6.45, 7) is 4.97. The van der Waals surface area contributed by atoms with Crippen molar-refractivity contribution in [1.82, 2.24) is 10.6 Å². The molecule has 1 unspecified atom stereocenters. The van der Waals surface area contributed by atoms with E-state index in [1.807, 2.05) is 44.2 Å². The molecule has 0 radical (unpaired) electrons. The van der Waals surface area contributed by atoms with Gasteiger partial charge in [-0.05, 0) is 50.2 Å². The van der Waals surface area contributed by atoms with E-state index in [1.165, 1.54) is 12.1 Å². The number of anilines is 1. The van der Waals surface area contributed by atoms with Crippen molar-refractivity contribution >= 4 is 41.5 Å². The van der Waals surface area contributed by atoms with E-state index >= 15 is 0 Å². The van der Waals surface area contributed by atoms with E-state index in [1.54, 1.807) is 12.1 Å². The van der Waals surface area contributed by atoms with E-state index in [0.717, 1.165) is 5.69 Å². The van der Waals surface area contributed by atoms with Crippen LogP contribution in [0.4, 0.5) is 10.1 Å². The minimum atomic E-state index is -0.302. The lowest BCUT2D eigenvalue weighted by Crippen LogP contribution is -2.42. The maximum absolute atomic E-state index is 12.9. The number of aliphatic imine (C=N–C) groups is 1. The molecule has 8 heteroatoms. The zero-order valence-corrected chi connectivity index (χ0v) is 18.3. The number of guanidine groups is 1. The van der Waals surface area contributed by atoms with Crippen LogP contribution in [0.1, 0.15) is 13.8 Å². The molecule has 0 bridgehead atoms. The Morgan fingerprint density at radius 1 is 1.11 bits per heavy atom. The smallest absolute Gasteiger partial charge is 0.246 e. The molecular formula is C20H26FIN4O2. The number of nitrogens with one attached hydrogen (secondary N) is 3. The summed E-state index contributed by atoms with van der Waals surface area (Å²) >= 11 is 0. The van der Waals surface area contributed by atoms with Crippen LogP contribution in [-0.2, 0) is 4.79 Å². The van der Waals surface area contributed by atoms with E-state index in [-0.39, 0.29) is 48.3 Å². The van der Waals surface area contributed by atoms with Crippen LogP contribution in [0.5, 0.6) is 5.75 Å². The van der Waals surface area contributed by atoms with Gasteiger partial charge in [-0.25, -0.2) is 9.38 Å². The molecule has 3 N–H and O–H groups in total. The number of rotatable bonds is 8. The van der Waals surface area contributed by atoms with Crippen molar-refractivity contribution in [1.29, 1.82) is 0 Å². The molecule has 0 heterocycles. The van der Waals surface area contributed by atoms with Gasteiger partial charge in [0.25, 0.3) is 0 Å². The molecule has 6 nitrogen and oxygen atoms in total. The van der Waals surface area contributed by atoms with Crippen molar-refractivity contribution in [3.8, 4) is 5.75 Å². The number of hydrogen-bond donors (Lipinski definition) is 3. The highest BCUT2D eigenvalue weighted by atomic mass is 127. The Morgan fingerprint density at radius 2 is 1.79 bits per heavy atom. The van der Waals surface area contributed by atoms with Crippen LogP contribution >= 0.6 is 24.0 Å². The summed E-state index contributed by atoms with van der Waals surface area (Å²) in [5.74, 6) is 0.614. The summed E-state index contributed by atoms with van der Waals surface area (Å²) in [5, 5.41) is 9.00. The van der Waals surface area contributed by atoms with E-state index in [2.05, 4.69) is 20.9 Å². The molecule has 0 fully saturated rings.